The van der Waals surface area contributed by atoms with E-state index in [4.69, 9.17) is 0 Å². The van der Waals surface area contributed by atoms with Crippen LogP contribution in [0.2, 0.25) is 0 Å². The molecule has 0 aromatic carbocycles. The molecule has 0 radical (unpaired) electrons. The van der Waals surface area contributed by atoms with Crippen molar-refractivity contribution >= 4 is 21.8 Å². The lowest BCUT2D eigenvalue weighted by Gasteiger charge is -2.23. The van der Waals surface area contributed by atoms with Gasteiger partial charge >= 0.3 is 0 Å². The Balaban J connectivity index is 1.73. The fourth-order valence-electron chi connectivity index (χ4n) is 2.45. The van der Waals surface area contributed by atoms with Crippen molar-refractivity contribution < 1.29 is 4.79 Å². The summed E-state index contributed by atoms with van der Waals surface area (Å²) in [4.78, 5) is 11.8. The van der Waals surface area contributed by atoms with Gasteiger partial charge in [-0.3, -0.25) is 4.79 Å². The van der Waals surface area contributed by atoms with Crippen LogP contribution in [0.5, 0.6) is 0 Å². The molecule has 2 saturated carbocycles. The van der Waals surface area contributed by atoms with Crippen molar-refractivity contribution in [1.82, 2.24) is 5.32 Å². The minimum atomic E-state index is 0.164. The highest BCUT2D eigenvalue weighted by Gasteiger charge is 2.47. The van der Waals surface area contributed by atoms with Gasteiger partial charge in [-0.25, -0.2) is 0 Å². The van der Waals surface area contributed by atoms with Crippen LogP contribution in [0, 0.1) is 23.2 Å². The third-order valence-corrected chi connectivity index (χ3v) is 5.24. The third kappa shape index (κ3) is 2.74. The smallest absolute Gasteiger partial charge is 0.223 e. The summed E-state index contributed by atoms with van der Waals surface area (Å²) in [5.41, 5.74) is 0.164. The second-order valence-corrected chi connectivity index (χ2v) is 6.50. The molecule has 0 aromatic heterocycles. The number of rotatable bonds is 4. The third-order valence-electron chi connectivity index (χ3n) is 3.72. The number of nitrogens with one attached hydrogen (secondary N) is 1. The molecule has 2 aliphatic rings. The van der Waals surface area contributed by atoms with Crippen LogP contribution in [0.4, 0.5) is 0 Å². The highest BCUT2D eigenvalue weighted by molar-refractivity contribution is 9.09. The summed E-state index contributed by atoms with van der Waals surface area (Å²) in [6, 6.07) is 0. The van der Waals surface area contributed by atoms with Gasteiger partial charge in [-0.15, -0.1) is 0 Å². The largest absolute Gasteiger partial charge is 0.355 e. The zero-order chi connectivity index (χ0) is 11.1. The van der Waals surface area contributed by atoms with Gasteiger partial charge in [0.25, 0.3) is 0 Å². The second kappa shape index (κ2) is 4.08. The van der Waals surface area contributed by atoms with Crippen LogP contribution in [-0.2, 0) is 4.79 Å². The lowest BCUT2D eigenvalue weighted by Crippen LogP contribution is -2.38. The number of fused-ring (bicyclic) bond motifs is 1. The summed E-state index contributed by atoms with van der Waals surface area (Å²) in [6.07, 6.45) is 3.67. The van der Waals surface area contributed by atoms with Crippen LogP contribution in [0.25, 0.3) is 0 Å². The molecule has 0 aliphatic heterocycles. The van der Waals surface area contributed by atoms with Gasteiger partial charge in [0, 0.05) is 17.8 Å². The molecule has 1 N–H and O–H groups in total. The average molecular weight is 274 g/mol. The molecule has 2 atom stereocenters. The van der Waals surface area contributed by atoms with Gasteiger partial charge < -0.3 is 5.32 Å². The van der Waals surface area contributed by atoms with E-state index < -0.39 is 0 Å². The summed E-state index contributed by atoms with van der Waals surface area (Å²) in [6.45, 7) is 5.10. The first-order valence-corrected chi connectivity index (χ1v) is 6.98. The molecular formula is C12H20BrNO. The van der Waals surface area contributed by atoms with Crippen molar-refractivity contribution in [2.75, 3.05) is 11.9 Å². The van der Waals surface area contributed by atoms with Gasteiger partial charge in [-0.1, -0.05) is 29.8 Å². The molecule has 2 fully saturated rings. The van der Waals surface area contributed by atoms with E-state index >= 15 is 0 Å². The predicted molar refractivity (Wildman–Crippen MR) is 64.9 cm³/mol. The van der Waals surface area contributed by atoms with Crippen molar-refractivity contribution in [3.63, 3.8) is 0 Å². The summed E-state index contributed by atoms with van der Waals surface area (Å²) >= 11 is 3.47. The molecule has 2 rings (SSSR count). The highest BCUT2D eigenvalue weighted by Crippen LogP contribution is 2.54. The first kappa shape index (κ1) is 11.4. The van der Waals surface area contributed by atoms with E-state index in [9.17, 15) is 4.79 Å². The molecule has 1 amide bonds. The molecule has 0 spiro atoms. The normalized spacial score (nSPS) is 33.7. The molecule has 2 unspecified atom stereocenters. The zero-order valence-electron chi connectivity index (χ0n) is 9.55. The van der Waals surface area contributed by atoms with Crippen LogP contribution in [0.1, 0.15) is 33.1 Å². The maximum atomic E-state index is 11.8. The minimum absolute atomic E-state index is 0.164. The number of amides is 1. The molecule has 2 nitrogen and oxygen atoms in total. The van der Waals surface area contributed by atoms with Crippen molar-refractivity contribution in [2.45, 2.75) is 33.1 Å². The number of carbonyl (C=O) groups excluding carboxylic acids is 1. The molecule has 3 heteroatoms. The highest BCUT2D eigenvalue weighted by atomic mass is 79.9. The Kier molecular flexibility index (Phi) is 3.11. The van der Waals surface area contributed by atoms with E-state index in [1.54, 1.807) is 0 Å². The fraction of sp³-hybridized carbons (Fsp3) is 0.917. The predicted octanol–water partition coefficient (Wildman–Crippen LogP) is 2.57. The fourth-order valence-corrected chi connectivity index (χ4v) is 2.65. The van der Waals surface area contributed by atoms with E-state index in [1.165, 1.54) is 6.42 Å². The van der Waals surface area contributed by atoms with Crippen LogP contribution in [-0.4, -0.2) is 17.8 Å². The Morgan fingerprint density at radius 1 is 1.33 bits per heavy atom. The molecular weight excluding hydrogens is 254 g/mol. The van der Waals surface area contributed by atoms with Gasteiger partial charge in [0.1, 0.15) is 0 Å². The van der Waals surface area contributed by atoms with E-state index in [2.05, 4.69) is 35.1 Å². The maximum absolute atomic E-state index is 11.8. The van der Waals surface area contributed by atoms with Crippen molar-refractivity contribution in [2.24, 2.45) is 23.2 Å². The maximum Gasteiger partial charge on any atom is 0.223 e. The second-order valence-electron chi connectivity index (χ2n) is 5.94. The van der Waals surface area contributed by atoms with Gasteiger partial charge in [0.05, 0.1) is 0 Å². The Labute approximate surface area is 100 Å². The molecule has 2 aliphatic carbocycles. The van der Waals surface area contributed by atoms with Crippen molar-refractivity contribution in [3.05, 3.63) is 0 Å². The quantitative estimate of drug-likeness (QED) is 0.784. The topological polar surface area (TPSA) is 29.1 Å². The summed E-state index contributed by atoms with van der Waals surface area (Å²) in [7, 11) is 0. The number of carbonyl (C=O) groups is 1. The van der Waals surface area contributed by atoms with Crippen molar-refractivity contribution in [1.29, 1.82) is 0 Å². The Hall–Kier alpha value is -0.0500. The van der Waals surface area contributed by atoms with Gasteiger partial charge in [-0.2, -0.15) is 0 Å². The lowest BCUT2D eigenvalue weighted by molar-refractivity contribution is -0.125. The lowest BCUT2D eigenvalue weighted by atomic mass is 9.96. The first-order valence-electron chi connectivity index (χ1n) is 5.85. The number of hydrogen-bond acceptors (Lipinski definition) is 1. The standard InChI is InChI=1S/C12H20BrNO/c1-12(2,6-13)7-14-11(15)10-4-8-3-9(8)5-10/h8-10H,3-7H2,1-2H3,(H,14,15). The number of halogens is 1. The van der Waals surface area contributed by atoms with Gasteiger partial charge in [0.2, 0.25) is 5.91 Å². The van der Waals surface area contributed by atoms with E-state index in [-0.39, 0.29) is 11.3 Å². The Morgan fingerprint density at radius 2 is 1.93 bits per heavy atom. The average Bonchev–Trinajstić information content (AvgIpc) is 2.82. The molecule has 86 valence electrons. The molecule has 0 heterocycles. The molecule has 0 saturated heterocycles. The van der Waals surface area contributed by atoms with Crippen LogP contribution in [0.15, 0.2) is 0 Å². The monoisotopic (exact) mass is 273 g/mol. The summed E-state index contributed by atoms with van der Waals surface area (Å²) in [5, 5.41) is 4.01. The summed E-state index contributed by atoms with van der Waals surface area (Å²) < 4.78 is 0. The van der Waals surface area contributed by atoms with Gasteiger partial charge in [0.15, 0.2) is 0 Å². The zero-order valence-corrected chi connectivity index (χ0v) is 11.1. The van der Waals surface area contributed by atoms with Crippen LogP contribution >= 0.6 is 15.9 Å². The summed E-state index contributed by atoms with van der Waals surface area (Å²) in [5.74, 6) is 2.39. The van der Waals surface area contributed by atoms with Gasteiger partial charge in [-0.05, 0) is 36.5 Å². The number of hydrogen-bond donors (Lipinski definition) is 1. The molecule has 0 aromatic rings. The Morgan fingerprint density at radius 3 is 2.47 bits per heavy atom. The Bertz CT molecular complexity index is 254. The SMILES string of the molecule is CC(C)(CBr)CNC(=O)C1CC2CC2C1. The first-order chi connectivity index (χ1) is 7.02. The van der Waals surface area contributed by atoms with Crippen LogP contribution < -0.4 is 5.32 Å². The molecule has 0 bridgehead atoms. The van der Waals surface area contributed by atoms with Crippen LogP contribution in [0.3, 0.4) is 0 Å². The van der Waals surface area contributed by atoms with E-state index in [1.807, 2.05) is 0 Å². The van der Waals surface area contributed by atoms with E-state index in [0.717, 1.165) is 36.6 Å². The minimum Gasteiger partial charge on any atom is -0.355 e. The van der Waals surface area contributed by atoms with E-state index in [0.29, 0.717) is 5.92 Å². The number of alkyl halides is 1. The molecule has 15 heavy (non-hydrogen) atoms. The van der Waals surface area contributed by atoms with Crippen molar-refractivity contribution in [3.8, 4) is 0 Å².